The van der Waals surface area contributed by atoms with Gasteiger partial charge < -0.3 is 15.8 Å². The van der Waals surface area contributed by atoms with Gasteiger partial charge in [-0.2, -0.15) is 0 Å². The van der Waals surface area contributed by atoms with Gasteiger partial charge in [0.1, 0.15) is 0 Å². The van der Waals surface area contributed by atoms with Crippen molar-refractivity contribution < 1.29 is 9.53 Å². The van der Waals surface area contributed by atoms with Crippen LogP contribution in [0.1, 0.15) is 12.0 Å². The maximum atomic E-state index is 11.7. The zero-order valence-electron chi connectivity index (χ0n) is 11.2. The maximum Gasteiger partial charge on any atom is 0.226 e. The van der Waals surface area contributed by atoms with Gasteiger partial charge in [-0.25, -0.2) is 0 Å². The Morgan fingerprint density at radius 1 is 1.05 bits per heavy atom. The molecule has 0 unspecified atom stereocenters. The number of benzene rings is 2. The second-order valence-corrected chi connectivity index (χ2v) is 4.42. The molecule has 0 saturated heterocycles. The van der Waals surface area contributed by atoms with Crippen molar-refractivity contribution in [2.45, 2.75) is 13.0 Å². The van der Waals surface area contributed by atoms with Gasteiger partial charge >= 0.3 is 0 Å². The lowest BCUT2D eigenvalue weighted by molar-refractivity contribution is -0.117. The molecule has 0 aromatic heterocycles. The minimum Gasteiger partial charge on any atom is -0.397 e. The molecule has 104 valence electrons. The van der Waals surface area contributed by atoms with Gasteiger partial charge in [-0.05, 0) is 17.7 Å². The number of para-hydroxylation sites is 2. The van der Waals surface area contributed by atoms with Crippen LogP contribution >= 0.6 is 0 Å². The Balaban J connectivity index is 1.69. The first-order chi connectivity index (χ1) is 9.75. The minimum absolute atomic E-state index is 0.101. The number of rotatable bonds is 6. The van der Waals surface area contributed by atoms with Crippen LogP contribution in [-0.4, -0.2) is 12.5 Å². The van der Waals surface area contributed by atoms with Gasteiger partial charge in [0.25, 0.3) is 0 Å². The Morgan fingerprint density at radius 3 is 2.50 bits per heavy atom. The van der Waals surface area contributed by atoms with Gasteiger partial charge in [-0.3, -0.25) is 4.79 Å². The van der Waals surface area contributed by atoms with Gasteiger partial charge in [0, 0.05) is 0 Å². The van der Waals surface area contributed by atoms with Crippen molar-refractivity contribution in [2.75, 3.05) is 17.7 Å². The van der Waals surface area contributed by atoms with Crippen molar-refractivity contribution in [2.24, 2.45) is 0 Å². The number of hydrogen-bond donors (Lipinski definition) is 2. The highest BCUT2D eigenvalue weighted by Gasteiger charge is 2.04. The number of nitrogens with one attached hydrogen (secondary N) is 1. The summed E-state index contributed by atoms with van der Waals surface area (Å²) in [5.41, 5.74) is 8.05. The molecule has 4 nitrogen and oxygen atoms in total. The van der Waals surface area contributed by atoms with Crippen molar-refractivity contribution >= 4 is 17.3 Å². The summed E-state index contributed by atoms with van der Waals surface area (Å²) < 4.78 is 5.47. The topological polar surface area (TPSA) is 64.3 Å². The normalized spacial score (nSPS) is 10.2. The molecule has 4 heteroatoms. The highest BCUT2D eigenvalue weighted by Crippen LogP contribution is 2.16. The van der Waals surface area contributed by atoms with E-state index in [9.17, 15) is 4.79 Å². The van der Waals surface area contributed by atoms with Crippen LogP contribution in [0, 0.1) is 0 Å². The highest BCUT2D eigenvalue weighted by atomic mass is 16.5. The van der Waals surface area contributed by atoms with Gasteiger partial charge in [0.15, 0.2) is 0 Å². The van der Waals surface area contributed by atoms with Crippen molar-refractivity contribution in [3.8, 4) is 0 Å². The number of ether oxygens (including phenoxy) is 1. The van der Waals surface area contributed by atoms with Crippen LogP contribution in [0.3, 0.4) is 0 Å². The van der Waals surface area contributed by atoms with E-state index in [-0.39, 0.29) is 5.91 Å². The summed E-state index contributed by atoms with van der Waals surface area (Å²) in [6, 6.07) is 17.1. The van der Waals surface area contributed by atoms with E-state index in [0.717, 1.165) is 5.56 Å². The van der Waals surface area contributed by atoms with Crippen LogP contribution in [0.2, 0.25) is 0 Å². The summed E-state index contributed by atoms with van der Waals surface area (Å²) in [7, 11) is 0. The van der Waals surface area contributed by atoms with E-state index >= 15 is 0 Å². The van der Waals surface area contributed by atoms with E-state index < -0.39 is 0 Å². The molecule has 2 aromatic carbocycles. The van der Waals surface area contributed by atoms with Crippen LogP contribution in [0.15, 0.2) is 54.6 Å². The molecule has 0 saturated carbocycles. The zero-order chi connectivity index (χ0) is 14.2. The third-order valence-corrected chi connectivity index (χ3v) is 2.82. The average Bonchev–Trinajstić information content (AvgIpc) is 2.47. The monoisotopic (exact) mass is 270 g/mol. The molecule has 0 aliphatic heterocycles. The first-order valence-electron chi connectivity index (χ1n) is 6.52. The lowest BCUT2D eigenvalue weighted by atomic mass is 10.2. The fourth-order valence-corrected chi connectivity index (χ4v) is 1.75. The van der Waals surface area contributed by atoms with Crippen molar-refractivity contribution in [3.63, 3.8) is 0 Å². The lowest BCUT2D eigenvalue weighted by Crippen LogP contribution is -2.15. The Kier molecular flexibility index (Phi) is 5.15. The predicted molar refractivity (Wildman–Crippen MR) is 80.2 cm³/mol. The van der Waals surface area contributed by atoms with Crippen molar-refractivity contribution in [3.05, 3.63) is 60.2 Å². The molecule has 3 N–H and O–H groups in total. The first-order valence-corrected chi connectivity index (χ1v) is 6.52. The number of hydrogen-bond acceptors (Lipinski definition) is 3. The lowest BCUT2D eigenvalue weighted by Gasteiger charge is -2.08. The molecule has 1 amide bonds. The van der Waals surface area contributed by atoms with Crippen LogP contribution < -0.4 is 11.1 Å². The first kappa shape index (κ1) is 14.1. The Hall–Kier alpha value is -2.33. The number of carbonyl (C=O) groups excluding carboxylic acids is 1. The fraction of sp³-hybridized carbons (Fsp3) is 0.188. The smallest absolute Gasteiger partial charge is 0.226 e. The molecule has 0 atom stereocenters. The second kappa shape index (κ2) is 7.31. The summed E-state index contributed by atoms with van der Waals surface area (Å²) in [6.07, 6.45) is 0.307. The van der Waals surface area contributed by atoms with E-state index in [1.54, 1.807) is 12.1 Å². The summed E-state index contributed by atoms with van der Waals surface area (Å²) >= 11 is 0. The van der Waals surface area contributed by atoms with Crippen LogP contribution in [0.4, 0.5) is 11.4 Å². The molecule has 0 bridgehead atoms. The number of anilines is 2. The van der Waals surface area contributed by atoms with Crippen LogP contribution in [0.25, 0.3) is 0 Å². The molecular weight excluding hydrogens is 252 g/mol. The van der Waals surface area contributed by atoms with Crippen molar-refractivity contribution in [1.29, 1.82) is 0 Å². The van der Waals surface area contributed by atoms with Crippen molar-refractivity contribution in [1.82, 2.24) is 0 Å². The molecule has 0 spiro atoms. The van der Waals surface area contributed by atoms with E-state index in [0.29, 0.717) is 31.0 Å². The van der Waals surface area contributed by atoms with Crippen LogP contribution in [0.5, 0.6) is 0 Å². The summed E-state index contributed by atoms with van der Waals surface area (Å²) in [6.45, 7) is 0.898. The zero-order valence-corrected chi connectivity index (χ0v) is 11.2. The molecule has 0 heterocycles. The third kappa shape index (κ3) is 4.40. The standard InChI is InChI=1S/C16H18N2O2/c17-14-8-4-5-9-15(14)18-16(19)10-11-20-12-13-6-2-1-3-7-13/h1-9H,10-12,17H2,(H,18,19). The number of nitrogens with two attached hydrogens (primary N) is 1. The Morgan fingerprint density at radius 2 is 1.75 bits per heavy atom. The SMILES string of the molecule is Nc1ccccc1NC(=O)CCOCc1ccccc1. The fourth-order valence-electron chi connectivity index (χ4n) is 1.75. The van der Waals surface area contributed by atoms with E-state index in [1.165, 1.54) is 0 Å². The van der Waals surface area contributed by atoms with Crippen LogP contribution in [-0.2, 0) is 16.1 Å². The van der Waals surface area contributed by atoms with E-state index in [1.807, 2.05) is 42.5 Å². The van der Waals surface area contributed by atoms with Gasteiger partial charge in [-0.15, -0.1) is 0 Å². The Bertz CT molecular complexity index is 555. The molecule has 2 aromatic rings. The predicted octanol–water partition coefficient (Wildman–Crippen LogP) is 2.81. The summed E-state index contributed by atoms with van der Waals surface area (Å²) in [4.78, 5) is 11.7. The molecule has 20 heavy (non-hydrogen) atoms. The average molecular weight is 270 g/mol. The van der Waals surface area contributed by atoms with E-state index in [4.69, 9.17) is 10.5 Å². The van der Waals surface area contributed by atoms with Gasteiger partial charge in [0.2, 0.25) is 5.91 Å². The van der Waals surface area contributed by atoms with Gasteiger partial charge in [-0.1, -0.05) is 42.5 Å². The number of amides is 1. The molecule has 0 aliphatic rings. The highest BCUT2D eigenvalue weighted by molar-refractivity contribution is 5.93. The van der Waals surface area contributed by atoms with Gasteiger partial charge in [0.05, 0.1) is 31.0 Å². The molecule has 0 radical (unpaired) electrons. The second-order valence-electron chi connectivity index (χ2n) is 4.42. The summed E-state index contributed by atoms with van der Waals surface area (Å²) in [5, 5.41) is 2.76. The van der Waals surface area contributed by atoms with E-state index in [2.05, 4.69) is 5.32 Å². The third-order valence-electron chi connectivity index (χ3n) is 2.82. The molecular formula is C16H18N2O2. The Labute approximate surface area is 118 Å². The summed E-state index contributed by atoms with van der Waals surface area (Å²) in [5.74, 6) is -0.101. The maximum absolute atomic E-state index is 11.7. The minimum atomic E-state index is -0.101. The largest absolute Gasteiger partial charge is 0.397 e. The number of nitrogen functional groups attached to an aromatic ring is 1. The molecule has 2 rings (SSSR count). The number of carbonyl (C=O) groups is 1. The molecule has 0 fully saturated rings. The molecule has 0 aliphatic carbocycles. The quantitative estimate of drug-likeness (QED) is 0.626.